The molecule has 0 amide bonds. The van der Waals surface area contributed by atoms with Crippen LogP contribution in [-0.2, 0) is 6.54 Å². The number of benzene rings is 1. The lowest BCUT2D eigenvalue weighted by molar-refractivity contribution is 0.0967. The van der Waals surface area contributed by atoms with Crippen LogP contribution < -0.4 is 0 Å². The zero-order chi connectivity index (χ0) is 11.4. The van der Waals surface area contributed by atoms with Crippen molar-refractivity contribution in [1.29, 1.82) is 5.26 Å². The molecular weight excluding hydrogens is 204 g/mol. The maximum absolute atomic E-state index is 11.7. The first-order valence-electron chi connectivity index (χ1n) is 4.67. The van der Waals surface area contributed by atoms with Crippen LogP contribution in [-0.4, -0.2) is 20.5 Å². The minimum Gasteiger partial charge on any atom is -0.292 e. The van der Waals surface area contributed by atoms with Crippen LogP contribution in [0.3, 0.4) is 0 Å². The van der Waals surface area contributed by atoms with Gasteiger partial charge in [0.1, 0.15) is 18.9 Å². The summed E-state index contributed by atoms with van der Waals surface area (Å²) in [4.78, 5) is 15.5. The molecule has 0 aliphatic rings. The van der Waals surface area contributed by atoms with Crippen LogP contribution in [0, 0.1) is 11.3 Å². The van der Waals surface area contributed by atoms with Crippen molar-refractivity contribution in [3.63, 3.8) is 0 Å². The van der Waals surface area contributed by atoms with Gasteiger partial charge in [-0.1, -0.05) is 30.3 Å². The first-order chi connectivity index (χ1) is 7.79. The number of rotatable bonds is 3. The molecule has 0 radical (unpaired) electrons. The van der Waals surface area contributed by atoms with Crippen molar-refractivity contribution in [2.24, 2.45) is 0 Å². The fourth-order valence-electron chi connectivity index (χ4n) is 1.28. The Morgan fingerprint density at radius 2 is 2.12 bits per heavy atom. The molecule has 0 atom stereocenters. The average Bonchev–Trinajstić information content (AvgIpc) is 2.78. The molecule has 1 aromatic heterocycles. The van der Waals surface area contributed by atoms with Crippen molar-refractivity contribution >= 4 is 5.78 Å². The Balaban J connectivity index is 2.11. The van der Waals surface area contributed by atoms with Crippen LogP contribution in [0.25, 0.3) is 0 Å². The Kier molecular flexibility index (Phi) is 2.74. The van der Waals surface area contributed by atoms with Gasteiger partial charge in [0.15, 0.2) is 5.78 Å². The fourth-order valence-corrected chi connectivity index (χ4v) is 1.28. The molecule has 78 valence electrons. The quantitative estimate of drug-likeness (QED) is 0.712. The van der Waals surface area contributed by atoms with Crippen molar-refractivity contribution in [1.82, 2.24) is 14.8 Å². The van der Waals surface area contributed by atoms with Crippen LogP contribution in [0.2, 0.25) is 0 Å². The highest BCUT2D eigenvalue weighted by Crippen LogP contribution is 2.01. The third kappa shape index (κ3) is 2.12. The fraction of sp³-hybridized carbons (Fsp3) is 0.0909. The van der Waals surface area contributed by atoms with Gasteiger partial charge in [-0.05, 0) is 0 Å². The molecule has 5 heteroatoms. The lowest BCUT2D eigenvalue weighted by Gasteiger charge is -1.99. The monoisotopic (exact) mass is 212 g/mol. The Morgan fingerprint density at radius 3 is 2.75 bits per heavy atom. The molecular formula is C11H8N4O. The summed E-state index contributed by atoms with van der Waals surface area (Å²) in [5.41, 5.74) is 0.622. The van der Waals surface area contributed by atoms with E-state index in [4.69, 9.17) is 5.26 Å². The van der Waals surface area contributed by atoms with E-state index in [1.165, 1.54) is 11.0 Å². The lowest BCUT2D eigenvalue weighted by atomic mass is 10.1. The predicted molar refractivity (Wildman–Crippen MR) is 55.5 cm³/mol. The van der Waals surface area contributed by atoms with Gasteiger partial charge in [0, 0.05) is 5.56 Å². The molecule has 0 fully saturated rings. The summed E-state index contributed by atoms with van der Waals surface area (Å²) in [5, 5.41) is 12.3. The predicted octanol–water partition coefficient (Wildman–Crippen LogP) is 1.03. The SMILES string of the molecule is N#Cc1ncn(CC(=O)c2ccccc2)n1. The summed E-state index contributed by atoms with van der Waals surface area (Å²) < 4.78 is 1.36. The van der Waals surface area contributed by atoms with Crippen molar-refractivity contribution in [2.45, 2.75) is 6.54 Å². The van der Waals surface area contributed by atoms with Gasteiger partial charge in [0.25, 0.3) is 5.82 Å². The second-order valence-corrected chi connectivity index (χ2v) is 3.17. The number of nitriles is 1. The van der Waals surface area contributed by atoms with E-state index in [0.29, 0.717) is 5.56 Å². The maximum atomic E-state index is 11.7. The Labute approximate surface area is 92.0 Å². The molecule has 0 N–H and O–H groups in total. The van der Waals surface area contributed by atoms with E-state index in [0.717, 1.165) is 0 Å². The number of carbonyl (C=O) groups is 1. The summed E-state index contributed by atoms with van der Waals surface area (Å²) >= 11 is 0. The van der Waals surface area contributed by atoms with Crippen molar-refractivity contribution in [3.8, 4) is 6.07 Å². The average molecular weight is 212 g/mol. The van der Waals surface area contributed by atoms with Crippen LogP contribution >= 0.6 is 0 Å². The summed E-state index contributed by atoms with van der Waals surface area (Å²) in [6, 6.07) is 10.7. The Hall–Kier alpha value is -2.48. The van der Waals surface area contributed by atoms with Crippen LogP contribution in [0.4, 0.5) is 0 Å². The molecule has 0 saturated carbocycles. The van der Waals surface area contributed by atoms with Crippen molar-refractivity contribution < 1.29 is 4.79 Å². The third-order valence-corrected chi connectivity index (χ3v) is 2.04. The first kappa shape index (κ1) is 10.1. The number of hydrogen-bond donors (Lipinski definition) is 0. The lowest BCUT2D eigenvalue weighted by Crippen LogP contribution is -2.10. The molecule has 0 saturated heterocycles. The second-order valence-electron chi connectivity index (χ2n) is 3.17. The van der Waals surface area contributed by atoms with Gasteiger partial charge in [-0.2, -0.15) is 5.26 Å². The first-order valence-corrected chi connectivity index (χ1v) is 4.67. The van der Waals surface area contributed by atoms with Gasteiger partial charge in [-0.15, -0.1) is 5.10 Å². The highest BCUT2D eigenvalue weighted by Gasteiger charge is 2.07. The van der Waals surface area contributed by atoms with Gasteiger partial charge < -0.3 is 0 Å². The zero-order valence-electron chi connectivity index (χ0n) is 8.37. The molecule has 1 aromatic carbocycles. The summed E-state index contributed by atoms with van der Waals surface area (Å²) in [6.07, 6.45) is 1.37. The minimum absolute atomic E-state index is 0.0602. The molecule has 2 rings (SSSR count). The van der Waals surface area contributed by atoms with Gasteiger partial charge in [-0.3, -0.25) is 4.79 Å². The van der Waals surface area contributed by atoms with E-state index < -0.39 is 0 Å². The zero-order valence-corrected chi connectivity index (χ0v) is 8.37. The van der Waals surface area contributed by atoms with E-state index in [1.54, 1.807) is 30.3 Å². The van der Waals surface area contributed by atoms with E-state index in [9.17, 15) is 4.79 Å². The Bertz CT molecular complexity index is 539. The van der Waals surface area contributed by atoms with Gasteiger partial charge >= 0.3 is 0 Å². The molecule has 2 aromatic rings. The van der Waals surface area contributed by atoms with Gasteiger partial charge in [-0.25, -0.2) is 9.67 Å². The summed E-state index contributed by atoms with van der Waals surface area (Å²) in [6.45, 7) is 0.0959. The number of aromatic nitrogens is 3. The third-order valence-electron chi connectivity index (χ3n) is 2.04. The van der Waals surface area contributed by atoms with E-state index >= 15 is 0 Å². The highest BCUT2D eigenvalue weighted by molar-refractivity contribution is 5.95. The van der Waals surface area contributed by atoms with Crippen molar-refractivity contribution in [2.75, 3.05) is 0 Å². The van der Waals surface area contributed by atoms with Crippen LogP contribution in [0.1, 0.15) is 16.2 Å². The van der Waals surface area contributed by atoms with Gasteiger partial charge in [0.2, 0.25) is 0 Å². The molecule has 0 unspecified atom stereocenters. The molecule has 16 heavy (non-hydrogen) atoms. The largest absolute Gasteiger partial charge is 0.292 e. The summed E-state index contributed by atoms with van der Waals surface area (Å²) in [7, 11) is 0. The molecule has 1 heterocycles. The maximum Gasteiger partial charge on any atom is 0.252 e. The molecule has 0 aliphatic heterocycles. The minimum atomic E-state index is -0.0602. The van der Waals surface area contributed by atoms with E-state index in [2.05, 4.69) is 10.1 Å². The topological polar surface area (TPSA) is 71.6 Å². The normalized spacial score (nSPS) is 9.69. The van der Waals surface area contributed by atoms with E-state index in [1.807, 2.05) is 6.07 Å². The van der Waals surface area contributed by atoms with Crippen LogP contribution in [0.15, 0.2) is 36.7 Å². The standard InChI is InChI=1S/C11H8N4O/c12-6-11-13-8-15(14-11)7-10(16)9-4-2-1-3-5-9/h1-5,8H,7H2. The number of carbonyl (C=O) groups excluding carboxylic acids is 1. The Morgan fingerprint density at radius 1 is 1.38 bits per heavy atom. The number of ketones is 1. The molecule has 0 aliphatic carbocycles. The second kappa shape index (κ2) is 4.36. The molecule has 5 nitrogen and oxygen atoms in total. The number of Topliss-reactive ketones (excluding diaryl/α,β-unsaturated/α-hetero) is 1. The number of nitrogens with zero attached hydrogens (tertiary/aromatic N) is 4. The molecule has 0 spiro atoms. The molecule has 0 bridgehead atoms. The summed E-state index contributed by atoms with van der Waals surface area (Å²) in [5.74, 6) is 0.0100. The van der Waals surface area contributed by atoms with Gasteiger partial charge in [0.05, 0.1) is 0 Å². The number of hydrogen-bond acceptors (Lipinski definition) is 4. The van der Waals surface area contributed by atoms with E-state index in [-0.39, 0.29) is 18.2 Å². The highest BCUT2D eigenvalue weighted by atomic mass is 16.1. The van der Waals surface area contributed by atoms with Crippen LogP contribution in [0.5, 0.6) is 0 Å². The van der Waals surface area contributed by atoms with Crippen molar-refractivity contribution in [3.05, 3.63) is 48.0 Å². The smallest absolute Gasteiger partial charge is 0.252 e.